The van der Waals surface area contributed by atoms with E-state index in [1.165, 1.54) is 30.4 Å². The van der Waals surface area contributed by atoms with E-state index in [4.69, 9.17) is 5.11 Å². The topological polar surface area (TPSA) is 40.5 Å². The molecular weight excluding hydrogens is 250 g/mol. The molecule has 1 aromatic rings. The van der Waals surface area contributed by atoms with E-state index in [1.54, 1.807) is 0 Å². The third-order valence-corrected chi connectivity index (χ3v) is 4.89. The van der Waals surface area contributed by atoms with Crippen LogP contribution in [0.5, 0.6) is 0 Å². The van der Waals surface area contributed by atoms with Gasteiger partial charge >= 0.3 is 5.97 Å². The average Bonchev–Trinajstić information content (AvgIpc) is 2.47. The first kappa shape index (κ1) is 13.6. The highest BCUT2D eigenvalue weighted by Gasteiger charge is 2.29. The van der Waals surface area contributed by atoms with Crippen molar-refractivity contribution in [2.24, 2.45) is 5.92 Å². The fourth-order valence-electron chi connectivity index (χ4n) is 3.82. The summed E-state index contributed by atoms with van der Waals surface area (Å²) in [5.41, 5.74) is 3.02. The molecule has 0 spiro atoms. The van der Waals surface area contributed by atoms with Crippen molar-refractivity contribution in [2.75, 3.05) is 13.1 Å². The molecule has 3 nitrogen and oxygen atoms in total. The second kappa shape index (κ2) is 5.96. The Morgan fingerprint density at radius 3 is 2.70 bits per heavy atom. The minimum atomic E-state index is -0.647. The number of piperidine rings is 1. The van der Waals surface area contributed by atoms with Gasteiger partial charge in [0, 0.05) is 12.5 Å². The number of fused-ring (bicyclic) bond motifs is 1. The second-order valence-corrected chi connectivity index (χ2v) is 6.18. The van der Waals surface area contributed by atoms with Crippen molar-refractivity contribution in [1.29, 1.82) is 0 Å². The predicted octanol–water partition coefficient (Wildman–Crippen LogP) is 3.25. The molecule has 0 amide bonds. The lowest BCUT2D eigenvalue weighted by Crippen LogP contribution is -2.38. The van der Waals surface area contributed by atoms with Gasteiger partial charge in [0.15, 0.2) is 0 Å². The number of likely N-dealkylation sites (tertiary alicyclic amines) is 1. The molecule has 2 aliphatic rings. The molecule has 1 unspecified atom stereocenters. The third kappa shape index (κ3) is 2.88. The van der Waals surface area contributed by atoms with E-state index >= 15 is 0 Å². The molecule has 1 atom stereocenters. The van der Waals surface area contributed by atoms with Crippen LogP contribution in [-0.4, -0.2) is 29.1 Å². The molecular formula is C17H23NO2. The number of hydrogen-bond acceptors (Lipinski definition) is 2. The lowest BCUT2D eigenvalue weighted by molar-refractivity contribution is -0.138. The zero-order valence-corrected chi connectivity index (χ0v) is 11.9. The normalized spacial score (nSPS) is 24.3. The van der Waals surface area contributed by atoms with E-state index in [-0.39, 0.29) is 0 Å². The Bertz CT molecular complexity index is 478. The summed E-state index contributed by atoms with van der Waals surface area (Å²) in [7, 11) is 0. The number of aryl methyl sites for hydroxylation is 1. The summed E-state index contributed by atoms with van der Waals surface area (Å²) in [4.78, 5) is 13.4. The number of nitrogens with zero attached hydrogens (tertiary/aromatic N) is 1. The monoisotopic (exact) mass is 273 g/mol. The molecule has 1 N–H and O–H groups in total. The SMILES string of the molecule is O=C(O)CC1CCN(C2CCCc3ccccc32)CC1. The standard InChI is InChI=1S/C17H23NO2/c19-17(20)12-13-8-10-18(11-9-13)16-7-3-5-14-4-1-2-6-15(14)16/h1-2,4,6,13,16H,3,5,7-12H2,(H,19,20). The molecule has 1 aliphatic heterocycles. The number of carbonyl (C=O) groups is 1. The number of hydrogen-bond donors (Lipinski definition) is 1. The largest absolute Gasteiger partial charge is 0.481 e. The second-order valence-electron chi connectivity index (χ2n) is 6.18. The van der Waals surface area contributed by atoms with Crippen LogP contribution in [0.4, 0.5) is 0 Å². The van der Waals surface area contributed by atoms with Gasteiger partial charge in [-0.1, -0.05) is 24.3 Å². The number of aliphatic carboxylic acids is 1. The molecule has 0 aromatic heterocycles. The molecule has 0 radical (unpaired) electrons. The lowest BCUT2D eigenvalue weighted by atomic mass is 9.84. The molecule has 20 heavy (non-hydrogen) atoms. The highest BCUT2D eigenvalue weighted by Crippen LogP contribution is 2.36. The molecule has 1 aliphatic carbocycles. The Kier molecular flexibility index (Phi) is 4.06. The molecule has 3 heteroatoms. The van der Waals surface area contributed by atoms with Crippen molar-refractivity contribution in [3.05, 3.63) is 35.4 Å². The maximum atomic E-state index is 10.8. The van der Waals surface area contributed by atoms with Crippen LogP contribution < -0.4 is 0 Å². The summed E-state index contributed by atoms with van der Waals surface area (Å²) in [6, 6.07) is 9.39. The van der Waals surface area contributed by atoms with Crippen LogP contribution in [-0.2, 0) is 11.2 Å². The predicted molar refractivity (Wildman–Crippen MR) is 78.7 cm³/mol. The molecule has 3 rings (SSSR count). The Hall–Kier alpha value is -1.35. The Balaban J connectivity index is 1.66. The van der Waals surface area contributed by atoms with Crippen molar-refractivity contribution in [2.45, 2.75) is 44.6 Å². The fourth-order valence-corrected chi connectivity index (χ4v) is 3.82. The van der Waals surface area contributed by atoms with Gasteiger partial charge in [0.2, 0.25) is 0 Å². The first-order valence-electron chi connectivity index (χ1n) is 7.77. The zero-order chi connectivity index (χ0) is 13.9. The molecule has 1 fully saturated rings. The van der Waals surface area contributed by atoms with Gasteiger partial charge in [-0.15, -0.1) is 0 Å². The van der Waals surface area contributed by atoms with Gasteiger partial charge in [-0.2, -0.15) is 0 Å². The first-order chi connectivity index (χ1) is 9.74. The Morgan fingerprint density at radius 2 is 1.95 bits per heavy atom. The number of benzene rings is 1. The molecule has 1 heterocycles. The summed E-state index contributed by atoms with van der Waals surface area (Å²) in [6.45, 7) is 2.11. The Labute approximate surface area is 120 Å². The van der Waals surface area contributed by atoms with Gasteiger partial charge in [0.1, 0.15) is 0 Å². The maximum absolute atomic E-state index is 10.8. The van der Waals surface area contributed by atoms with Gasteiger partial charge < -0.3 is 5.11 Å². The average molecular weight is 273 g/mol. The van der Waals surface area contributed by atoms with Crippen molar-refractivity contribution >= 4 is 5.97 Å². The smallest absolute Gasteiger partial charge is 0.303 e. The highest BCUT2D eigenvalue weighted by atomic mass is 16.4. The molecule has 0 bridgehead atoms. The van der Waals surface area contributed by atoms with Crippen molar-refractivity contribution < 1.29 is 9.90 Å². The maximum Gasteiger partial charge on any atom is 0.303 e. The van der Waals surface area contributed by atoms with Crippen LogP contribution in [0.1, 0.15) is 49.3 Å². The number of carboxylic acid groups (broad SMARTS) is 1. The molecule has 0 saturated carbocycles. The number of rotatable bonds is 3. The highest BCUT2D eigenvalue weighted by molar-refractivity contribution is 5.67. The van der Waals surface area contributed by atoms with Crippen molar-refractivity contribution in [3.8, 4) is 0 Å². The summed E-state index contributed by atoms with van der Waals surface area (Å²) in [6.07, 6.45) is 6.14. The minimum absolute atomic E-state index is 0.342. The summed E-state index contributed by atoms with van der Waals surface area (Å²) >= 11 is 0. The third-order valence-electron chi connectivity index (χ3n) is 4.89. The van der Waals surface area contributed by atoms with Crippen molar-refractivity contribution in [3.63, 3.8) is 0 Å². The molecule has 108 valence electrons. The van der Waals surface area contributed by atoms with Crippen LogP contribution >= 0.6 is 0 Å². The van der Waals surface area contributed by atoms with Gasteiger partial charge in [-0.05, 0) is 62.2 Å². The van der Waals surface area contributed by atoms with E-state index in [1.807, 2.05) is 0 Å². The summed E-state index contributed by atoms with van der Waals surface area (Å²) < 4.78 is 0. The van der Waals surface area contributed by atoms with Crippen LogP contribution in [0.25, 0.3) is 0 Å². The number of carboxylic acids is 1. The minimum Gasteiger partial charge on any atom is -0.481 e. The molecule has 1 saturated heterocycles. The zero-order valence-electron chi connectivity index (χ0n) is 11.9. The van der Waals surface area contributed by atoms with E-state index in [0.29, 0.717) is 18.4 Å². The van der Waals surface area contributed by atoms with Gasteiger partial charge in [0.05, 0.1) is 0 Å². The van der Waals surface area contributed by atoms with E-state index in [2.05, 4.69) is 29.2 Å². The summed E-state index contributed by atoms with van der Waals surface area (Å²) in [5, 5.41) is 8.90. The van der Waals surface area contributed by atoms with Crippen LogP contribution in [0.2, 0.25) is 0 Å². The van der Waals surface area contributed by atoms with Gasteiger partial charge in [-0.25, -0.2) is 0 Å². The van der Waals surface area contributed by atoms with Crippen molar-refractivity contribution in [1.82, 2.24) is 4.90 Å². The lowest BCUT2D eigenvalue weighted by Gasteiger charge is -2.40. The van der Waals surface area contributed by atoms with Crippen LogP contribution in [0.15, 0.2) is 24.3 Å². The van der Waals surface area contributed by atoms with Crippen LogP contribution in [0.3, 0.4) is 0 Å². The molecule has 1 aromatic carbocycles. The van der Waals surface area contributed by atoms with Gasteiger partial charge in [0.25, 0.3) is 0 Å². The summed E-state index contributed by atoms with van der Waals surface area (Å²) in [5.74, 6) is -0.269. The van der Waals surface area contributed by atoms with E-state index in [9.17, 15) is 4.79 Å². The first-order valence-corrected chi connectivity index (χ1v) is 7.77. The van der Waals surface area contributed by atoms with Gasteiger partial charge in [-0.3, -0.25) is 9.69 Å². The van der Waals surface area contributed by atoms with E-state index < -0.39 is 5.97 Å². The quantitative estimate of drug-likeness (QED) is 0.919. The van der Waals surface area contributed by atoms with Crippen LogP contribution in [0, 0.1) is 5.92 Å². The van der Waals surface area contributed by atoms with E-state index in [0.717, 1.165) is 25.9 Å². The fraction of sp³-hybridized carbons (Fsp3) is 0.588. The Morgan fingerprint density at radius 1 is 1.20 bits per heavy atom.